The normalized spacial score (nSPS) is 12.0. The van der Waals surface area contributed by atoms with E-state index in [1.807, 2.05) is 12.1 Å². The summed E-state index contributed by atoms with van der Waals surface area (Å²) in [5.41, 5.74) is 0. The first kappa shape index (κ1) is 20.3. The Hall–Kier alpha value is -0.711. The van der Waals surface area contributed by atoms with Gasteiger partial charge in [0.15, 0.2) is 0 Å². The maximum absolute atomic E-state index is 12.3. The average molecular weight is 427 g/mol. The van der Waals surface area contributed by atoms with Crippen molar-refractivity contribution in [2.24, 2.45) is 0 Å². The summed E-state index contributed by atoms with van der Waals surface area (Å²) in [5, 5.41) is 0. The Bertz CT molecular complexity index is 429. The first-order valence-electron chi connectivity index (χ1n) is 9.10. The van der Waals surface area contributed by atoms with E-state index in [0.717, 1.165) is 0 Å². The zero-order valence-corrected chi connectivity index (χ0v) is 17.8. The van der Waals surface area contributed by atoms with Gasteiger partial charge in [0.05, 0.1) is 0 Å². The molecule has 130 valence electrons. The first-order valence-corrected chi connectivity index (χ1v) is 16.3. The number of rotatable bonds is 12. The minimum atomic E-state index is -2.83. The van der Waals surface area contributed by atoms with E-state index < -0.39 is 18.8 Å². The van der Waals surface area contributed by atoms with Gasteiger partial charge in [0.25, 0.3) is 0 Å². The van der Waals surface area contributed by atoms with Crippen LogP contribution in [0.2, 0.25) is 13.3 Å². The third-order valence-electron chi connectivity index (χ3n) is 4.20. The van der Waals surface area contributed by atoms with Crippen LogP contribution in [-0.4, -0.2) is 24.8 Å². The fourth-order valence-electron chi connectivity index (χ4n) is 2.81. The van der Waals surface area contributed by atoms with Crippen molar-refractivity contribution in [1.82, 2.24) is 0 Å². The molecule has 0 amide bonds. The fourth-order valence-corrected chi connectivity index (χ4v) is 15.8. The number of unbranched alkanes of at least 4 members (excludes halogenated alkanes) is 3. The van der Waals surface area contributed by atoms with Crippen molar-refractivity contribution in [3.05, 3.63) is 30.2 Å². The van der Waals surface area contributed by atoms with Gasteiger partial charge in [-0.05, 0) is 0 Å². The van der Waals surface area contributed by atoms with E-state index in [1.54, 1.807) is 12.3 Å². The quantitative estimate of drug-likeness (QED) is 0.295. The summed E-state index contributed by atoms with van der Waals surface area (Å²) in [4.78, 5) is 12.3. The number of carbonyl (C=O) groups is 1. The van der Waals surface area contributed by atoms with Crippen molar-refractivity contribution >= 4 is 30.8 Å². The van der Waals surface area contributed by atoms with Gasteiger partial charge in [0.1, 0.15) is 0 Å². The second-order valence-electron chi connectivity index (χ2n) is 6.26. The van der Waals surface area contributed by atoms with Crippen LogP contribution < -0.4 is 0 Å². The zero-order valence-electron chi connectivity index (χ0n) is 15.0. The van der Waals surface area contributed by atoms with Crippen LogP contribution in [-0.2, 0) is 7.87 Å². The molecule has 23 heavy (non-hydrogen) atoms. The SMILES string of the molecule is CCC[CH2][Sn]([CH2]CCC)([CH2]CCC)[O]C(=O)C=Cc1ccco1. The molecule has 1 heterocycles. The summed E-state index contributed by atoms with van der Waals surface area (Å²) >= 11 is -2.83. The van der Waals surface area contributed by atoms with Crippen LogP contribution in [0.4, 0.5) is 0 Å². The first-order chi connectivity index (χ1) is 11.2. The van der Waals surface area contributed by atoms with E-state index in [2.05, 4.69) is 20.8 Å². The molecule has 0 spiro atoms. The second-order valence-corrected chi connectivity index (χ2v) is 17.9. The van der Waals surface area contributed by atoms with E-state index in [4.69, 9.17) is 7.49 Å². The fraction of sp³-hybridized carbons (Fsp3) is 0.632. The van der Waals surface area contributed by atoms with E-state index >= 15 is 0 Å². The van der Waals surface area contributed by atoms with Crippen LogP contribution in [0.3, 0.4) is 0 Å². The van der Waals surface area contributed by atoms with Crippen LogP contribution in [0.15, 0.2) is 28.9 Å². The van der Waals surface area contributed by atoms with Gasteiger partial charge in [-0.1, -0.05) is 0 Å². The molecule has 0 fully saturated rings. The Balaban J connectivity index is 2.75. The molecule has 1 aromatic heterocycles. The number of hydrogen-bond acceptors (Lipinski definition) is 3. The molecule has 0 aliphatic heterocycles. The van der Waals surface area contributed by atoms with Crippen molar-refractivity contribution in [2.45, 2.75) is 72.6 Å². The van der Waals surface area contributed by atoms with Crippen LogP contribution >= 0.6 is 0 Å². The number of carbonyl (C=O) groups excluding carboxylic acids is 1. The summed E-state index contributed by atoms with van der Waals surface area (Å²) < 4.78 is 14.9. The van der Waals surface area contributed by atoms with Gasteiger partial charge in [-0.2, -0.15) is 0 Å². The second kappa shape index (κ2) is 11.8. The summed E-state index contributed by atoms with van der Waals surface area (Å²) in [6, 6.07) is 3.66. The van der Waals surface area contributed by atoms with E-state index in [9.17, 15) is 4.79 Å². The van der Waals surface area contributed by atoms with Gasteiger partial charge >= 0.3 is 146 Å². The summed E-state index contributed by atoms with van der Waals surface area (Å²) in [7, 11) is 0. The number of hydrogen-bond donors (Lipinski definition) is 0. The van der Waals surface area contributed by atoms with Crippen molar-refractivity contribution in [3.63, 3.8) is 0 Å². The maximum atomic E-state index is 12.3. The van der Waals surface area contributed by atoms with Gasteiger partial charge in [-0.3, -0.25) is 0 Å². The molecule has 0 radical (unpaired) electrons. The molecule has 3 nitrogen and oxygen atoms in total. The Labute approximate surface area is 145 Å². The van der Waals surface area contributed by atoms with Crippen LogP contribution in [0.25, 0.3) is 6.08 Å². The predicted molar refractivity (Wildman–Crippen MR) is 98.7 cm³/mol. The molecule has 0 bridgehead atoms. The van der Waals surface area contributed by atoms with Crippen molar-refractivity contribution in [2.75, 3.05) is 0 Å². The summed E-state index contributed by atoms with van der Waals surface area (Å²) in [5.74, 6) is 0.527. The molecule has 0 saturated carbocycles. The van der Waals surface area contributed by atoms with E-state index in [-0.39, 0.29) is 5.97 Å². The van der Waals surface area contributed by atoms with Crippen molar-refractivity contribution in [3.8, 4) is 0 Å². The molecule has 0 saturated heterocycles. The Kier molecular flexibility index (Phi) is 10.4. The van der Waals surface area contributed by atoms with Crippen molar-refractivity contribution in [1.29, 1.82) is 0 Å². The third kappa shape index (κ3) is 8.09. The molecule has 1 rings (SSSR count). The summed E-state index contributed by atoms with van der Waals surface area (Å²) in [6.07, 6.45) is 12.0. The molecular formula is C19H32O3Sn. The van der Waals surface area contributed by atoms with Crippen LogP contribution in [0.5, 0.6) is 0 Å². The zero-order chi connectivity index (χ0) is 17.0. The van der Waals surface area contributed by atoms with Crippen LogP contribution in [0.1, 0.15) is 65.1 Å². The van der Waals surface area contributed by atoms with Gasteiger partial charge in [0.2, 0.25) is 0 Å². The molecule has 1 aromatic rings. The molecule has 0 aliphatic carbocycles. The molecule has 4 heteroatoms. The monoisotopic (exact) mass is 428 g/mol. The van der Waals surface area contributed by atoms with Gasteiger partial charge in [-0.15, -0.1) is 0 Å². The molecule has 0 N–H and O–H groups in total. The van der Waals surface area contributed by atoms with Gasteiger partial charge in [0, 0.05) is 0 Å². The standard InChI is InChI=1S/C7H6O3.3C4H9.Sn/c8-7(9)4-3-6-2-1-5-10-6;3*1-3-4-2;/h1-5H,(H,8,9);3*1,3-4H2,2H3;/q;;;;+1/p-1. The van der Waals surface area contributed by atoms with Gasteiger partial charge in [-0.25, -0.2) is 0 Å². The van der Waals surface area contributed by atoms with E-state index in [0.29, 0.717) is 5.76 Å². The van der Waals surface area contributed by atoms with Gasteiger partial charge < -0.3 is 0 Å². The number of furan rings is 1. The molecule has 0 atom stereocenters. The van der Waals surface area contributed by atoms with Crippen molar-refractivity contribution < 1.29 is 12.3 Å². The molecule has 0 unspecified atom stereocenters. The van der Waals surface area contributed by atoms with Crippen LogP contribution in [0, 0.1) is 0 Å². The average Bonchev–Trinajstić information content (AvgIpc) is 3.07. The Morgan fingerprint density at radius 3 is 2.09 bits per heavy atom. The van der Waals surface area contributed by atoms with E-state index in [1.165, 1.54) is 57.9 Å². The molecule has 0 aliphatic rings. The summed E-state index contributed by atoms with van der Waals surface area (Å²) in [6.45, 7) is 6.65. The topological polar surface area (TPSA) is 39.4 Å². The Morgan fingerprint density at radius 2 is 1.65 bits per heavy atom. The molecule has 0 aromatic carbocycles. The third-order valence-corrected chi connectivity index (χ3v) is 16.8. The predicted octanol–water partition coefficient (Wildman–Crippen LogP) is 6.18. The minimum absolute atomic E-state index is 0.166. The molecular weight excluding hydrogens is 395 g/mol. The Morgan fingerprint density at radius 1 is 1.09 bits per heavy atom.